The van der Waals surface area contributed by atoms with Gasteiger partial charge in [-0.05, 0) is 32.0 Å². The number of nitrogens with one attached hydrogen (secondary N) is 1. The molecule has 0 saturated carbocycles. The van der Waals surface area contributed by atoms with E-state index in [0.29, 0.717) is 6.07 Å². The van der Waals surface area contributed by atoms with E-state index in [1.54, 1.807) is 0 Å². The van der Waals surface area contributed by atoms with E-state index in [-0.39, 0.29) is 34.0 Å². The summed E-state index contributed by atoms with van der Waals surface area (Å²) < 4.78 is 59.7. The normalized spacial score (nSPS) is 13.2. The quantitative estimate of drug-likeness (QED) is 0.265. The third-order valence-corrected chi connectivity index (χ3v) is 4.98. The third kappa shape index (κ3) is 5.79. The SMILES string of the molecule is C#CC(C)(C)C(Oc1cc(-c2cc(C(F)(F)F)[nH]c2CC(Cl)Cl)c(F)cc1Cl)C(=O)O. The molecule has 1 unspecified atom stereocenters. The second-order valence-electron chi connectivity index (χ2n) is 7.13. The Balaban J connectivity index is 2.63. The van der Waals surface area contributed by atoms with Gasteiger partial charge in [0, 0.05) is 23.2 Å². The maximum absolute atomic E-state index is 14.7. The molecule has 2 N–H and O–H groups in total. The Morgan fingerprint density at radius 3 is 2.35 bits per heavy atom. The molecule has 0 bridgehead atoms. The Morgan fingerprint density at radius 1 is 1.26 bits per heavy atom. The van der Waals surface area contributed by atoms with Gasteiger partial charge < -0.3 is 14.8 Å². The molecule has 2 rings (SSSR count). The van der Waals surface area contributed by atoms with Crippen molar-refractivity contribution in [2.24, 2.45) is 5.41 Å². The zero-order valence-corrected chi connectivity index (χ0v) is 18.3. The molecule has 0 fully saturated rings. The second-order valence-corrected chi connectivity index (χ2v) is 8.82. The Morgan fingerprint density at radius 2 is 1.87 bits per heavy atom. The molecule has 0 aliphatic heterocycles. The van der Waals surface area contributed by atoms with E-state index in [2.05, 4.69) is 10.9 Å². The molecule has 4 nitrogen and oxygen atoms in total. The molecule has 0 amide bonds. The molecule has 0 saturated heterocycles. The summed E-state index contributed by atoms with van der Waals surface area (Å²) >= 11 is 17.4. The lowest BCUT2D eigenvalue weighted by atomic mass is 9.87. The first-order chi connectivity index (χ1) is 14.2. The average Bonchev–Trinajstić information content (AvgIpc) is 3.03. The van der Waals surface area contributed by atoms with Crippen LogP contribution in [0.2, 0.25) is 5.02 Å². The van der Waals surface area contributed by atoms with E-state index < -0.39 is 40.0 Å². The van der Waals surface area contributed by atoms with Crippen LogP contribution in [-0.2, 0) is 17.4 Å². The highest BCUT2D eigenvalue weighted by Crippen LogP contribution is 2.40. The van der Waals surface area contributed by atoms with Crippen molar-refractivity contribution in [1.29, 1.82) is 0 Å². The van der Waals surface area contributed by atoms with Crippen LogP contribution in [0.25, 0.3) is 11.1 Å². The Bertz CT molecular complexity index is 1030. The highest BCUT2D eigenvalue weighted by atomic mass is 35.5. The predicted molar refractivity (Wildman–Crippen MR) is 110 cm³/mol. The number of carboxylic acid groups (broad SMARTS) is 1. The molecule has 31 heavy (non-hydrogen) atoms. The fourth-order valence-electron chi connectivity index (χ4n) is 2.74. The number of ether oxygens (including phenoxy) is 1. The summed E-state index contributed by atoms with van der Waals surface area (Å²) in [5.74, 6) is -0.354. The number of hydrogen-bond acceptors (Lipinski definition) is 2. The van der Waals surface area contributed by atoms with Crippen LogP contribution in [0.4, 0.5) is 17.6 Å². The van der Waals surface area contributed by atoms with Crippen LogP contribution in [-0.4, -0.2) is 27.0 Å². The Kier molecular flexibility index (Phi) is 7.47. The number of halogens is 7. The number of aromatic nitrogens is 1. The van der Waals surface area contributed by atoms with Gasteiger partial charge in [0.2, 0.25) is 6.10 Å². The molecule has 1 aromatic heterocycles. The second kappa shape index (κ2) is 9.19. The van der Waals surface area contributed by atoms with Crippen molar-refractivity contribution in [3.05, 3.63) is 40.4 Å². The van der Waals surface area contributed by atoms with Crippen LogP contribution in [0, 0.1) is 23.6 Å². The van der Waals surface area contributed by atoms with Gasteiger partial charge in [0.15, 0.2) is 0 Å². The van der Waals surface area contributed by atoms with E-state index in [1.807, 2.05) is 0 Å². The smallest absolute Gasteiger partial charge is 0.431 e. The average molecular weight is 501 g/mol. The molecule has 168 valence electrons. The van der Waals surface area contributed by atoms with Crippen LogP contribution < -0.4 is 4.74 Å². The predicted octanol–water partition coefficient (Wildman–Crippen LogP) is 6.33. The van der Waals surface area contributed by atoms with Crippen molar-refractivity contribution in [1.82, 2.24) is 4.98 Å². The van der Waals surface area contributed by atoms with Gasteiger partial charge in [-0.25, -0.2) is 9.18 Å². The van der Waals surface area contributed by atoms with Crippen molar-refractivity contribution >= 4 is 40.8 Å². The molecule has 2 aromatic rings. The van der Waals surface area contributed by atoms with E-state index >= 15 is 0 Å². The summed E-state index contributed by atoms with van der Waals surface area (Å²) in [4.78, 5) is 12.7. The molecule has 1 heterocycles. The summed E-state index contributed by atoms with van der Waals surface area (Å²) in [6.45, 7) is 2.87. The summed E-state index contributed by atoms with van der Waals surface area (Å²) in [5, 5.41) is 9.18. The highest BCUT2D eigenvalue weighted by molar-refractivity contribution is 6.44. The minimum Gasteiger partial charge on any atom is -0.478 e. The minimum absolute atomic E-state index is 0.0757. The maximum Gasteiger partial charge on any atom is 0.431 e. The molecular formula is C20H16Cl3F4NO3. The fourth-order valence-corrected chi connectivity index (χ4v) is 3.24. The minimum atomic E-state index is -4.74. The monoisotopic (exact) mass is 499 g/mol. The number of aliphatic carboxylic acids is 1. The van der Waals surface area contributed by atoms with E-state index in [4.69, 9.17) is 46.0 Å². The molecular weight excluding hydrogens is 485 g/mol. The zero-order chi connectivity index (χ0) is 23.7. The molecule has 1 atom stereocenters. The number of carbonyl (C=O) groups is 1. The highest BCUT2D eigenvalue weighted by Gasteiger charge is 2.37. The standard InChI is InChI=1S/C20H16Cl3F4NO3/c1-4-19(2,3)17(18(29)30)31-14-5-9(12(24)7-11(14)21)10-6-15(20(25,26)27)28-13(10)8-16(22)23/h1,5-7,16-17,28H,8H2,2-3H3,(H,29,30). The molecule has 0 aliphatic rings. The lowest BCUT2D eigenvalue weighted by Crippen LogP contribution is -2.40. The molecule has 0 spiro atoms. The van der Waals surface area contributed by atoms with Crippen molar-refractivity contribution in [2.45, 2.75) is 37.4 Å². The molecule has 11 heteroatoms. The summed E-state index contributed by atoms with van der Waals surface area (Å²) in [7, 11) is 0. The number of alkyl halides is 5. The molecule has 1 aromatic carbocycles. The van der Waals surface area contributed by atoms with E-state index in [9.17, 15) is 27.5 Å². The van der Waals surface area contributed by atoms with Crippen LogP contribution in [0.15, 0.2) is 18.2 Å². The maximum atomic E-state index is 14.7. The number of aromatic amines is 1. The van der Waals surface area contributed by atoms with Crippen LogP contribution in [0.1, 0.15) is 25.2 Å². The first kappa shape index (κ1) is 25.2. The zero-order valence-electron chi connectivity index (χ0n) is 16.1. The van der Waals surface area contributed by atoms with E-state index in [1.165, 1.54) is 13.8 Å². The number of carboxylic acids is 1. The summed E-state index contributed by atoms with van der Waals surface area (Å²) in [6, 6.07) is 2.50. The summed E-state index contributed by atoms with van der Waals surface area (Å²) in [5.41, 5.74) is -3.00. The largest absolute Gasteiger partial charge is 0.478 e. The number of rotatable bonds is 7. The van der Waals surface area contributed by atoms with Crippen molar-refractivity contribution in [3.8, 4) is 29.2 Å². The summed E-state index contributed by atoms with van der Waals surface area (Å²) in [6.07, 6.45) is -1.18. The molecule has 0 radical (unpaired) electrons. The van der Waals surface area contributed by atoms with Crippen LogP contribution in [0.3, 0.4) is 0 Å². The van der Waals surface area contributed by atoms with Gasteiger partial charge in [-0.1, -0.05) is 17.5 Å². The lowest BCUT2D eigenvalue weighted by molar-refractivity contribution is -0.149. The van der Waals surface area contributed by atoms with Gasteiger partial charge in [-0.15, -0.1) is 29.6 Å². The Hall–Kier alpha value is -2.08. The Labute approximate surface area is 190 Å². The van der Waals surface area contributed by atoms with Crippen molar-refractivity contribution in [2.75, 3.05) is 0 Å². The first-order valence-electron chi connectivity index (χ1n) is 8.61. The van der Waals surface area contributed by atoms with Crippen LogP contribution >= 0.6 is 34.8 Å². The van der Waals surface area contributed by atoms with Crippen molar-refractivity contribution in [3.63, 3.8) is 0 Å². The van der Waals surface area contributed by atoms with Gasteiger partial charge in [-0.3, -0.25) is 0 Å². The van der Waals surface area contributed by atoms with Crippen molar-refractivity contribution < 1.29 is 32.2 Å². The third-order valence-electron chi connectivity index (χ3n) is 4.37. The lowest BCUT2D eigenvalue weighted by Gasteiger charge is -2.27. The van der Waals surface area contributed by atoms with Gasteiger partial charge in [0.05, 0.1) is 10.4 Å². The topological polar surface area (TPSA) is 62.3 Å². The van der Waals surface area contributed by atoms with Crippen LogP contribution in [0.5, 0.6) is 5.75 Å². The molecule has 0 aliphatic carbocycles. The van der Waals surface area contributed by atoms with Gasteiger partial charge in [0.1, 0.15) is 22.1 Å². The number of benzene rings is 1. The number of H-pyrrole nitrogens is 1. The number of hydrogen-bond donors (Lipinski definition) is 2. The van der Waals surface area contributed by atoms with Gasteiger partial charge >= 0.3 is 12.1 Å². The first-order valence-corrected chi connectivity index (χ1v) is 9.86. The van der Waals surface area contributed by atoms with Gasteiger partial charge in [0.25, 0.3) is 0 Å². The fraction of sp³-hybridized carbons (Fsp3) is 0.350. The van der Waals surface area contributed by atoms with Gasteiger partial charge in [-0.2, -0.15) is 13.2 Å². The number of terminal acetylenes is 1. The van der Waals surface area contributed by atoms with E-state index in [0.717, 1.165) is 12.1 Å².